The van der Waals surface area contributed by atoms with Gasteiger partial charge in [-0.1, -0.05) is 6.08 Å². The molecule has 0 saturated carbocycles. The number of benzene rings is 1. The Labute approximate surface area is 106 Å². The number of amides is 1. The van der Waals surface area contributed by atoms with Crippen molar-refractivity contribution in [2.24, 2.45) is 5.73 Å². The van der Waals surface area contributed by atoms with Crippen molar-refractivity contribution in [2.45, 2.75) is 6.10 Å². The smallest absolute Gasteiger partial charge is 0.283 e. The average molecular weight is 267 g/mol. The van der Waals surface area contributed by atoms with Crippen LogP contribution >= 0.6 is 0 Å². The van der Waals surface area contributed by atoms with E-state index in [4.69, 9.17) is 5.73 Å². The van der Waals surface area contributed by atoms with E-state index in [2.05, 4.69) is 6.58 Å². The minimum atomic E-state index is -1.54. The van der Waals surface area contributed by atoms with Crippen LogP contribution in [-0.4, -0.2) is 20.9 Å². The van der Waals surface area contributed by atoms with Crippen molar-refractivity contribution in [3.8, 4) is 0 Å². The highest BCUT2D eigenvalue weighted by molar-refractivity contribution is 5.96. The summed E-state index contributed by atoms with van der Waals surface area (Å²) >= 11 is 0. The van der Waals surface area contributed by atoms with Crippen molar-refractivity contribution < 1.29 is 19.7 Å². The molecule has 1 atom stereocenters. The minimum absolute atomic E-state index is 0.418. The van der Waals surface area contributed by atoms with Gasteiger partial charge in [0.25, 0.3) is 11.4 Å². The Bertz CT molecular complexity index is 548. The maximum absolute atomic E-state index is 11.2. The molecule has 0 aromatic heterocycles. The Morgan fingerprint density at radius 3 is 2.32 bits per heavy atom. The van der Waals surface area contributed by atoms with Gasteiger partial charge in [-0.3, -0.25) is 25.0 Å². The third-order valence-corrected chi connectivity index (χ3v) is 2.33. The lowest BCUT2D eigenvalue weighted by atomic mass is 9.98. The maximum Gasteiger partial charge on any atom is 0.283 e. The van der Waals surface area contributed by atoms with Crippen molar-refractivity contribution >= 4 is 17.3 Å². The number of primary amides is 1. The largest absolute Gasteiger partial charge is 0.384 e. The van der Waals surface area contributed by atoms with Gasteiger partial charge in [0.15, 0.2) is 0 Å². The monoisotopic (exact) mass is 267 g/mol. The summed E-state index contributed by atoms with van der Waals surface area (Å²) in [6.07, 6.45) is -0.593. The van der Waals surface area contributed by atoms with Gasteiger partial charge in [0, 0.05) is 6.07 Å². The molecule has 0 bridgehead atoms. The number of hydrogen-bond donors (Lipinski definition) is 2. The van der Waals surface area contributed by atoms with E-state index in [0.717, 1.165) is 12.1 Å². The number of carbonyl (C=O) groups is 1. The highest BCUT2D eigenvalue weighted by Crippen LogP contribution is 2.33. The Hall–Kier alpha value is -2.81. The van der Waals surface area contributed by atoms with Crippen LogP contribution in [0, 0.1) is 20.2 Å². The molecule has 0 saturated heterocycles. The molecule has 0 radical (unpaired) electrons. The fourth-order valence-corrected chi connectivity index (χ4v) is 1.51. The first-order chi connectivity index (χ1) is 8.79. The van der Waals surface area contributed by atoms with Crippen LogP contribution in [0.25, 0.3) is 0 Å². The van der Waals surface area contributed by atoms with Gasteiger partial charge in [-0.05, 0) is 0 Å². The summed E-state index contributed by atoms with van der Waals surface area (Å²) in [6, 6.07) is 1.42. The summed E-state index contributed by atoms with van der Waals surface area (Å²) in [7, 11) is 0. The number of aliphatic hydroxyl groups excluding tert-OH is 1. The summed E-state index contributed by atoms with van der Waals surface area (Å²) in [5.74, 6) is -1.12. The first kappa shape index (κ1) is 14.3. The van der Waals surface area contributed by atoms with Gasteiger partial charge in [-0.25, -0.2) is 0 Å². The molecule has 100 valence electrons. The molecular formula is C10H9N3O6. The number of nitrogens with two attached hydrogens (primary N) is 1. The van der Waals surface area contributed by atoms with Crippen LogP contribution in [0.4, 0.5) is 11.4 Å². The molecule has 19 heavy (non-hydrogen) atoms. The number of aliphatic hydroxyl groups is 1. The van der Waals surface area contributed by atoms with Gasteiger partial charge in [0.1, 0.15) is 6.10 Å². The molecule has 0 aliphatic carbocycles. The zero-order valence-corrected chi connectivity index (χ0v) is 9.48. The number of non-ortho nitro benzene ring substituents is 1. The minimum Gasteiger partial charge on any atom is -0.384 e. The molecule has 1 aromatic rings. The molecule has 1 aromatic carbocycles. The number of nitrogens with zero attached hydrogens (tertiary/aromatic N) is 2. The number of nitro benzene ring substituents is 2. The molecule has 0 heterocycles. The Morgan fingerprint density at radius 1 is 1.37 bits per heavy atom. The topological polar surface area (TPSA) is 150 Å². The van der Waals surface area contributed by atoms with Crippen LogP contribution in [0.5, 0.6) is 0 Å². The molecule has 0 fully saturated rings. The second kappa shape index (κ2) is 5.23. The second-order valence-corrected chi connectivity index (χ2v) is 3.49. The van der Waals surface area contributed by atoms with E-state index in [1.165, 1.54) is 0 Å². The Kier molecular flexibility index (Phi) is 3.92. The highest BCUT2D eigenvalue weighted by Gasteiger charge is 2.29. The molecule has 3 N–H and O–H groups in total. The molecule has 1 amide bonds. The van der Waals surface area contributed by atoms with Gasteiger partial charge in [0.2, 0.25) is 5.91 Å². The van der Waals surface area contributed by atoms with Crippen LogP contribution < -0.4 is 5.73 Å². The van der Waals surface area contributed by atoms with Crippen molar-refractivity contribution in [1.29, 1.82) is 0 Å². The second-order valence-electron chi connectivity index (χ2n) is 3.49. The van der Waals surface area contributed by atoms with Gasteiger partial charge in [0.05, 0.1) is 27.0 Å². The summed E-state index contributed by atoms with van der Waals surface area (Å²) in [5, 5.41) is 31.1. The van der Waals surface area contributed by atoms with E-state index >= 15 is 0 Å². The molecular weight excluding hydrogens is 258 g/mol. The van der Waals surface area contributed by atoms with Crippen LogP contribution in [0.1, 0.15) is 22.0 Å². The van der Waals surface area contributed by atoms with Gasteiger partial charge < -0.3 is 10.8 Å². The van der Waals surface area contributed by atoms with Crippen molar-refractivity contribution in [3.63, 3.8) is 0 Å². The number of carbonyl (C=O) groups excluding carboxylic acids is 1. The van der Waals surface area contributed by atoms with Crippen molar-refractivity contribution in [1.82, 2.24) is 0 Å². The van der Waals surface area contributed by atoms with E-state index in [9.17, 15) is 30.1 Å². The molecule has 1 rings (SSSR count). The van der Waals surface area contributed by atoms with E-state index < -0.39 is 44.4 Å². The van der Waals surface area contributed by atoms with Gasteiger partial charge >= 0.3 is 0 Å². The summed E-state index contributed by atoms with van der Waals surface area (Å²) in [5.41, 5.74) is 2.67. The third-order valence-electron chi connectivity index (χ3n) is 2.33. The van der Waals surface area contributed by atoms with Crippen LogP contribution in [0.2, 0.25) is 0 Å². The number of hydrogen-bond acceptors (Lipinski definition) is 6. The highest BCUT2D eigenvalue weighted by atomic mass is 16.6. The van der Waals surface area contributed by atoms with E-state index in [1.54, 1.807) is 0 Å². The van der Waals surface area contributed by atoms with Gasteiger partial charge in [-0.2, -0.15) is 0 Å². The Balaban J connectivity index is 3.75. The Morgan fingerprint density at radius 2 is 1.95 bits per heavy atom. The molecule has 1 unspecified atom stereocenters. The molecule has 0 aliphatic rings. The first-order valence-electron chi connectivity index (χ1n) is 4.86. The molecule has 0 aliphatic heterocycles. The SMILES string of the molecule is C=CC(O)c1c(C(N)=O)cc([N+](=O)[O-])cc1[N+](=O)[O-]. The molecule has 9 heteroatoms. The summed E-state index contributed by atoms with van der Waals surface area (Å²) in [4.78, 5) is 30.9. The first-order valence-corrected chi connectivity index (χ1v) is 4.86. The number of nitro groups is 2. The van der Waals surface area contributed by atoms with E-state index in [1.807, 2.05) is 0 Å². The third kappa shape index (κ3) is 2.72. The van der Waals surface area contributed by atoms with Crippen molar-refractivity contribution in [3.05, 3.63) is 56.1 Å². The fourth-order valence-electron chi connectivity index (χ4n) is 1.51. The van der Waals surface area contributed by atoms with Crippen LogP contribution in [0.15, 0.2) is 24.8 Å². The average Bonchev–Trinajstić information content (AvgIpc) is 2.35. The van der Waals surface area contributed by atoms with E-state index in [-0.39, 0.29) is 0 Å². The van der Waals surface area contributed by atoms with Crippen LogP contribution in [-0.2, 0) is 0 Å². The normalized spacial score (nSPS) is 11.6. The summed E-state index contributed by atoms with van der Waals surface area (Å²) < 4.78 is 0. The lowest BCUT2D eigenvalue weighted by Crippen LogP contribution is -2.17. The van der Waals surface area contributed by atoms with E-state index in [0.29, 0.717) is 6.07 Å². The zero-order chi connectivity index (χ0) is 14.7. The standard InChI is InChI=1S/C10H9N3O6/c1-2-8(14)9-6(10(11)15)3-5(12(16)17)4-7(9)13(18)19/h2-4,8,14H,1H2,(H2,11,15). The summed E-state index contributed by atoms with van der Waals surface area (Å²) in [6.45, 7) is 3.24. The lowest BCUT2D eigenvalue weighted by molar-refractivity contribution is -0.394. The van der Waals surface area contributed by atoms with Gasteiger partial charge in [-0.15, -0.1) is 6.58 Å². The molecule has 9 nitrogen and oxygen atoms in total. The quantitative estimate of drug-likeness (QED) is 0.458. The lowest BCUT2D eigenvalue weighted by Gasteiger charge is -2.10. The predicted molar refractivity (Wildman–Crippen MR) is 63.4 cm³/mol. The fraction of sp³-hybridized carbons (Fsp3) is 0.100. The van der Waals surface area contributed by atoms with Crippen LogP contribution in [0.3, 0.4) is 0 Å². The van der Waals surface area contributed by atoms with Crippen molar-refractivity contribution in [2.75, 3.05) is 0 Å². The maximum atomic E-state index is 11.2. The molecule has 0 spiro atoms. The predicted octanol–water partition coefficient (Wildman–Crippen LogP) is 0.821. The zero-order valence-electron chi connectivity index (χ0n) is 9.48. The number of rotatable bonds is 5.